The van der Waals surface area contributed by atoms with Crippen LogP contribution in [0, 0.1) is 0 Å². The average molecular weight is 207 g/mol. The highest BCUT2D eigenvalue weighted by molar-refractivity contribution is 9.09. The van der Waals surface area contributed by atoms with Crippen LogP contribution in [0.15, 0.2) is 12.2 Å². The first-order valence-corrected chi connectivity index (χ1v) is 4.79. The second-order valence-electron chi connectivity index (χ2n) is 2.04. The van der Waals surface area contributed by atoms with E-state index in [1.807, 2.05) is 19.1 Å². The monoisotopic (exact) mass is 206 g/mol. The Labute approximate surface area is 71.6 Å². The van der Waals surface area contributed by atoms with Gasteiger partial charge in [0, 0.05) is 11.9 Å². The summed E-state index contributed by atoms with van der Waals surface area (Å²) in [7, 11) is 0. The van der Waals surface area contributed by atoms with Crippen LogP contribution >= 0.6 is 15.9 Å². The zero-order valence-corrected chi connectivity index (χ0v) is 8.06. The Kier molecular flexibility index (Phi) is 9.35. The van der Waals surface area contributed by atoms with Gasteiger partial charge in [-0.3, -0.25) is 0 Å². The lowest BCUT2D eigenvalue weighted by Crippen LogP contribution is -1.94. The highest BCUT2D eigenvalue weighted by Crippen LogP contribution is 1.93. The second kappa shape index (κ2) is 9.18. The first-order chi connectivity index (χ1) is 4.91. The van der Waals surface area contributed by atoms with E-state index in [0.717, 1.165) is 25.0 Å². The molecule has 0 saturated heterocycles. The van der Waals surface area contributed by atoms with Crippen LogP contribution in [0.3, 0.4) is 0 Å². The molecule has 0 aromatic carbocycles. The summed E-state index contributed by atoms with van der Waals surface area (Å²) in [4.78, 5) is 0. The van der Waals surface area contributed by atoms with Gasteiger partial charge in [0.05, 0.1) is 6.61 Å². The topological polar surface area (TPSA) is 9.23 Å². The van der Waals surface area contributed by atoms with E-state index in [1.165, 1.54) is 6.42 Å². The molecule has 0 radical (unpaired) electrons. The maximum atomic E-state index is 5.27. The predicted molar refractivity (Wildman–Crippen MR) is 48.7 cm³/mol. The molecule has 0 aliphatic carbocycles. The van der Waals surface area contributed by atoms with Crippen LogP contribution in [0.25, 0.3) is 0 Å². The van der Waals surface area contributed by atoms with Crippen molar-refractivity contribution in [1.82, 2.24) is 0 Å². The standard InChI is InChI=1S/C8H15BrO/c1-2-3-7-10-8-5-4-6-9/h2-3H,4-8H2,1H3/b3-2+. The molecule has 0 heterocycles. The minimum Gasteiger partial charge on any atom is -0.377 e. The fraction of sp³-hybridized carbons (Fsp3) is 0.750. The highest BCUT2D eigenvalue weighted by Gasteiger charge is 1.84. The molecule has 60 valence electrons. The van der Waals surface area contributed by atoms with Crippen LogP contribution < -0.4 is 0 Å². The van der Waals surface area contributed by atoms with Crippen molar-refractivity contribution in [3.63, 3.8) is 0 Å². The van der Waals surface area contributed by atoms with Crippen molar-refractivity contribution in [3.05, 3.63) is 12.2 Å². The molecule has 0 aromatic rings. The second-order valence-corrected chi connectivity index (χ2v) is 2.83. The van der Waals surface area contributed by atoms with Crippen LogP contribution in [0.4, 0.5) is 0 Å². The van der Waals surface area contributed by atoms with Crippen molar-refractivity contribution >= 4 is 15.9 Å². The Morgan fingerprint density at radius 1 is 1.40 bits per heavy atom. The summed E-state index contributed by atoms with van der Waals surface area (Å²) in [5.74, 6) is 0. The van der Waals surface area contributed by atoms with Gasteiger partial charge in [-0.2, -0.15) is 0 Å². The summed E-state index contributed by atoms with van der Waals surface area (Å²) in [5.41, 5.74) is 0. The average Bonchev–Trinajstić information content (AvgIpc) is 1.97. The van der Waals surface area contributed by atoms with Gasteiger partial charge in [-0.1, -0.05) is 28.1 Å². The van der Waals surface area contributed by atoms with Gasteiger partial charge in [0.2, 0.25) is 0 Å². The quantitative estimate of drug-likeness (QED) is 0.369. The number of rotatable bonds is 6. The Morgan fingerprint density at radius 3 is 2.80 bits per heavy atom. The van der Waals surface area contributed by atoms with Crippen molar-refractivity contribution in [2.75, 3.05) is 18.5 Å². The third-order valence-electron chi connectivity index (χ3n) is 1.12. The van der Waals surface area contributed by atoms with Gasteiger partial charge in [0.25, 0.3) is 0 Å². The lowest BCUT2D eigenvalue weighted by Gasteiger charge is -1.97. The largest absolute Gasteiger partial charge is 0.377 e. The third-order valence-corrected chi connectivity index (χ3v) is 1.68. The Balaban J connectivity index is 2.77. The molecule has 10 heavy (non-hydrogen) atoms. The van der Waals surface area contributed by atoms with Crippen LogP contribution in [-0.2, 0) is 4.74 Å². The lowest BCUT2D eigenvalue weighted by molar-refractivity contribution is 0.159. The molecule has 0 rings (SSSR count). The van der Waals surface area contributed by atoms with Crippen molar-refractivity contribution < 1.29 is 4.74 Å². The zero-order chi connectivity index (χ0) is 7.66. The molecule has 0 aliphatic heterocycles. The first kappa shape index (κ1) is 10.2. The molecule has 0 N–H and O–H groups in total. The minimum atomic E-state index is 0.763. The third kappa shape index (κ3) is 8.18. The summed E-state index contributed by atoms with van der Waals surface area (Å²) in [6, 6.07) is 0. The van der Waals surface area contributed by atoms with Gasteiger partial charge in [-0.05, 0) is 19.8 Å². The molecule has 0 bridgehead atoms. The molecule has 1 nitrogen and oxygen atoms in total. The van der Waals surface area contributed by atoms with Gasteiger partial charge in [-0.15, -0.1) is 0 Å². The fourth-order valence-electron chi connectivity index (χ4n) is 0.546. The van der Waals surface area contributed by atoms with Crippen LogP contribution in [0.1, 0.15) is 19.8 Å². The van der Waals surface area contributed by atoms with Gasteiger partial charge < -0.3 is 4.74 Å². The molecule has 0 fully saturated rings. The summed E-state index contributed by atoms with van der Waals surface area (Å²) in [6.45, 7) is 3.65. The highest BCUT2D eigenvalue weighted by atomic mass is 79.9. The predicted octanol–water partition coefficient (Wildman–Crippen LogP) is 2.75. The van der Waals surface area contributed by atoms with Crippen LogP contribution in [-0.4, -0.2) is 18.5 Å². The van der Waals surface area contributed by atoms with Gasteiger partial charge in [-0.25, -0.2) is 0 Å². The van der Waals surface area contributed by atoms with E-state index >= 15 is 0 Å². The van der Waals surface area contributed by atoms with Crippen LogP contribution in [0.5, 0.6) is 0 Å². The SMILES string of the molecule is C/C=C/COCCCCBr. The fourth-order valence-corrected chi connectivity index (χ4v) is 0.943. The van der Waals surface area contributed by atoms with Gasteiger partial charge >= 0.3 is 0 Å². The maximum absolute atomic E-state index is 5.27. The molecule has 0 atom stereocenters. The molecular formula is C8H15BrO. The number of ether oxygens (including phenoxy) is 1. The Bertz CT molecular complexity index is 81.3. The van der Waals surface area contributed by atoms with Crippen molar-refractivity contribution in [1.29, 1.82) is 0 Å². The summed E-state index contributed by atoms with van der Waals surface area (Å²) < 4.78 is 5.27. The molecule has 0 spiro atoms. The van der Waals surface area contributed by atoms with E-state index in [9.17, 15) is 0 Å². The van der Waals surface area contributed by atoms with E-state index in [2.05, 4.69) is 15.9 Å². The molecule has 0 amide bonds. The molecule has 0 aromatic heterocycles. The number of hydrogen-bond acceptors (Lipinski definition) is 1. The number of alkyl halides is 1. The smallest absolute Gasteiger partial charge is 0.0647 e. The normalized spacial score (nSPS) is 11.0. The van der Waals surface area contributed by atoms with E-state index in [4.69, 9.17) is 4.74 Å². The molecule has 2 heteroatoms. The summed E-state index contributed by atoms with van der Waals surface area (Å²) in [5, 5.41) is 1.08. The molecule has 0 aliphatic rings. The Hall–Kier alpha value is 0.180. The number of hydrogen-bond donors (Lipinski definition) is 0. The number of halogens is 1. The number of allylic oxidation sites excluding steroid dienone is 1. The van der Waals surface area contributed by atoms with Gasteiger partial charge in [0.1, 0.15) is 0 Å². The molecular weight excluding hydrogens is 192 g/mol. The van der Waals surface area contributed by atoms with E-state index in [0.29, 0.717) is 0 Å². The minimum absolute atomic E-state index is 0.763. The summed E-state index contributed by atoms with van der Waals surface area (Å²) in [6.07, 6.45) is 6.39. The molecule has 0 saturated carbocycles. The first-order valence-electron chi connectivity index (χ1n) is 3.66. The van der Waals surface area contributed by atoms with E-state index < -0.39 is 0 Å². The van der Waals surface area contributed by atoms with E-state index in [-0.39, 0.29) is 0 Å². The molecule has 0 unspecified atom stereocenters. The van der Waals surface area contributed by atoms with Gasteiger partial charge in [0.15, 0.2) is 0 Å². The Morgan fingerprint density at radius 2 is 2.20 bits per heavy atom. The van der Waals surface area contributed by atoms with Crippen LogP contribution in [0.2, 0.25) is 0 Å². The van der Waals surface area contributed by atoms with Crippen molar-refractivity contribution in [2.45, 2.75) is 19.8 Å². The van der Waals surface area contributed by atoms with Crippen molar-refractivity contribution in [3.8, 4) is 0 Å². The summed E-state index contributed by atoms with van der Waals surface area (Å²) >= 11 is 3.36. The maximum Gasteiger partial charge on any atom is 0.0647 e. The number of unbranched alkanes of at least 4 members (excludes halogenated alkanes) is 1. The lowest BCUT2D eigenvalue weighted by atomic mass is 10.4. The zero-order valence-electron chi connectivity index (χ0n) is 6.48. The van der Waals surface area contributed by atoms with E-state index in [1.54, 1.807) is 0 Å². The van der Waals surface area contributed by atoms with Crippen molar-refractivity contribution in [2.24, 2.45) is 0 Å².